The maximum absolute atomic E-state index is 11.1. The molecule has 0 aromatic heterocycles. The Morgan fingerprint density at radius 2 is 1.80 bits per heavy atom. The minimum Gasteiger partial charge on any atom is -0.469 e. The zero-order chi connectivity index (χ0) is 11.8. The molecule has 0 aromatic rings. The summed E-state index contributed by atoms with van der Waals surface area (Å²) < 4.78 is 9.08. The monoisotopic (exact) mass is 344 g/mol. The van der Waals surface area contributed by atoms with Crippen molar-refractivity contribution < 1.29 is 19.1 Å². The number of alkyl halides is 2. The molecular formula is C9H14Br2O4. The van der Waals surface area contributed by atoms with Gasteiger partial charge in [-0.3, -0.25) is 9.59 Å². The smallest absolute Gasteiger partial charge is 0.320 e. The Morgan fingerprint density at radius 3 is 2.27 bits per heavy atom. The summed E-state index contributed by atoms with van der Waals surface area (Å²) in [5.41, 5.74) is 0. The predicted molar refractivity (Wildman–Crippen MR) is 63.3 cm³/mol. The Kier molecular flexibility index (Phi) is 8.04. The highest BCUT2D eigenvalue weighted by molar-refractivity contribution is 9.12. The molecular weight excluding hydrogens is 332 g/mol. The van der Waals surface area contributed by atoms with Crippen LogP contribution in [-0.4, -0.2) is 35.8 Å². The van der Waals surface area contributed by atoms with E-state index in [9.17, 15) is 9.59 Å². The molecule has 0 aliphatic heterocycles. The van der Waals surface area contributed by atoms with Crippen molar-refractivity contribution in [2.45, 2.75) is 28.9 Å². The summed E-state index contributed by atoms with van der Waals surface area (Å²) in [6.07, 6.45) is 1.72. The number of rotatable bonds is 6. The Morgan fingerprint density at radius 1 is 1.20 bits per heavy atom. The fourth-order valence-electron chi connectivity index (χ4n) is 0.950. The second-order valence-electron chi connectivity index (χ2n) is 2.91. The Balaban J connectivity index is 3.78. The van der Waals surface area contributed by atoms with Crippen LogP contribution in [0.4, 0.5) is 0 Å². The second-order valence-corrected chi connectivity index (χ2v) is 5.07. The van der Waals surface area contributed by atoms with E-state index in [0.717, 1.165) is 0 Å². The zero-order valence-electron chi connectivity index (χ0n) is 8.66. The summed E-state index contributed by atoms with van der Waals surface area (Å²) in [5, 5.41) is 0. The van der Waals surface area contributed by atoms with Gasteiger partial charge in [0.05, 0.1) is 14.2 Å². The van der Waals surface area contributed by atoms with Gasteiger partial charge in [0.25, 0.3) is 0 Å². The van der Waals surface area contributed by atoms with Crippen molar-refractivity contribution in [1.82, 2.24) is 0 Å². The van der Waals surface area contributed by atoms with Crippen LogP contribution < -0.4 is 0 Å². The molecule has 15 heavy (non-hydrogen) atoms. The number of halogens is 2. The van der Waals surface area contributed by atoms with Gasteiger partial charge in [-0.1, -0.05) is 31.9 Å². The lowest BCUT2D eigenvalue weighted by Gasteiger charge is -2.13. The number of hydrogen-bond acceptors (Lipinski definition) is 4. The van der Waals surface area contributed by atoms with E-state index in [1.165, 1.54) is 14.2 Å². The molecule has 0 bridgehead atoms. The second kappa shape index (κ2) is 8.10. The standard InChI is InChI=1S/C9H14Br2O4/c1-14-7(12)5-3-4-6(10)8(11)9(13)15-2/h6,8H,3-5H2,1-2H3. The van der Waals surface area contributed by atoms with Gasteiger partial charge in [0, 0.05) is 11.2 Å². The molecule has 0 amide bonds. The van der Waals surface area contributed by atoms with E-state index in [4.69, 9.17) is 0 Å². The molecule has 0 aliphatic carbocycles. The third kappa shape index (κ3) is 6.14. The first-order chi connectivity index (χ1) is 7.02. The van der Waals surface area contributed by atoms with Crippen LogP contribution in [-0.2, 0) is 19.1 Å². The Hall–Kier alpha value is -0.100. The minimum absolute atomic E-state index is 0.0467. The van der Waals surface area contributed by atoms with Crippen molar-refractivity contribution in [3.63, 3.8) is 0 Å². The first-order valence-electron chi connectivity index (χ1n) is 4.45. The maximum Gasteiger partial charge on any atom is 0.320 e. The first kappa shape index (κ1) is 14.9. The molecule has 0 aliphatic rings. The molecule has 4 nitrogen and oxygen atoms in total. The van der Waals surface area contributed by atoms with Gasteiger partial charge in [-0.25, -0.2) is 0 Å². The van der Waals surface area contributed by atoms with Crippen LogP contribution in [0.25, 0.3) is 0 Å². The number of esters is 2. The molecule has 0 saturated heterocycles. The van der Waals surface area contributed by atoms with Crippen LogP contribution in [0.1, 0.15) is 19.3 Å². The molecule has 88 valence electrons. The van der Waals surface area contributed by atoms with Crippen LogP contribution in [0.5, 0.6) is 0 Å². The molecule has 2 atom stereocenters. The summed E-state index contributed by atoms with van der Waals surface area (Å²) in [6, 6.07) is 0. The summed E-state index contributed by atoms with van der Waals surface area (Å²) in [7, 11) is 2.69. The molecule has 0 aromatic carbocycles. The highest BCUT2D eigenvalue weighted by Crippen LogP contribution is 2.21. The van der Waals surface area contributed by atoms with Gasteiger partial charge >= 0.3 is 11.9 Å². The van der Waals surface area contributed by atoms with Crippen LogP contribution in [0, 0.1) is 0 Å². The number of carbonyl (C=O) groups is 2. The lowest BCUT2D eigenvalue weighted by Crippen LogP contribution is -2.25. The molecule has 0 heterocycles. The van der Waals surface area contributed by atoms with Crippen molar-refractivity contribution in [2.75, 3.05) is 14.2 Å². The lowest BCUT2D eigenvalue weighted by molar-refractivity contribution is -0.140. The van der Waals surface area contributed by atoms with Gasteiger partial charge in [-0.15, -0.1) is 0 Å². The first-order valence-corrected chi connectivity index (χ1v) is 6.28. The molecule has 0 saturated carbocycles. The van der Waals surface area contributed by atoms with Crippen molar-refractivity contribution in [1.29, 1.82) is 0 Å². The van der Waals surface area contributed by atoms with E-state index < -0.39 is 0 Å². The molecule has 0 N–H and O–H groups in total. The van der Waals surface area contributed by atoms with Crippen LogP contribution in [0.2, 0.25) is 0 Å². The quantitative estimate of drug-likeness (QED) is 0.546. The average molecular weight is 346 g/mol. The van der Waals surface area contributed by atoms with Gasteiger partial charge in [-0.05, 0) is 12.8 Å². The minimum atomic E-state index is -0.389. The van der Waals surface area contributed by atoms with Gasteiger partial charge in [0.2, 0.25) is 0 Å². The fraction of sp³-hybridized carbons (Fsp3) is 0.778. The summed E-state index contributed by atoms with van der Waals surface area (Å²) >= 11 is 6.57. The maximum atomic E-state index is 11.1. The third-order valence-corrected chi connectivity index (χ3v) is 4.54. The SMILES string of the molecule is COC(=O)CCCC(Br)C(Br)C(=O)OC. The molecule has 0 rings (SSSR count). The number of carbonyl (C=O) groups excluding carboxylic acids is 2. The number of ether oxygens (including phenoxy) is 2. The van der Waals surface area contributed by atoms with E-state index in [1.54, 1.807) is 0 Å². The van der Waals surface area contributed by atoms with Crippen LogP contribution >= 0.6 is 31.9 Å². The van der Waals surface area contributed by atoms with Crippen molar-refractivity contribution >= 4 is 43.8 Å². The van der Waals surface area contributed by atoms with Gasteiger partial charge in [-0.2, -0.15) is 0 Å². The summed E-state index contributed by atoms with van der Waals surface area (Å²) in [5.74, 6) is -0.561. The highest BCUT2D eigenvalue weighted by Gasteiger charge is 2.23. The largest absolute Gasteiger partial charge is 0.469 e. The molecule has 0 spiro atoms. The van der Waals surface area contributed by atoms with E-state index in [1.807, 2.05) is 0 Å². The van der Waals surface area contributed by atoms with E-state index in [-0.39, 0.29) is 21.6 Å². The zero-order valence-corrected chi connectivity index (χ0v) is 11.8. The normalized spacial score (nSPS) is 14.1. The van der Waals surface area contributed by atoms with Crippen LogP contribution in [0.15, 0.2) is 0 Å². The van der Waals surface area contributed by atoms with Crippen molar-refractivity contribution in [3.8, 4) is 0 Å². The van der Waals surface area contributed by atoms with Crippen LogP contribution in [0.3, 0.4) is 0 Å². The van der Waals surface area contributed by atoms with Gasteiger partial charge in [0.15, 0.2) is 0 Å². The summed E-state index contributed by atoms with van der Waals surface area (Å²) in [6.45, 7) is 0. The summed E-state index contributed by atoms with van der Waals surface area (Å²) in [4.78, 5) is 21.5. The Labute approximate surface area is 106 Å². The van der Waals surface area contributed by atoms with E-state index >= 15 is 0 Å². The predicted octanol–water partition coefficient (Wildman–Crippen LogP) is 2.03. The topological polar surface area (TPSA) is 52.6 Å². The molecule has 2 unspecified atom stereocenters. The average Bonchev–Trinajstić information content (AvgIpc) is 2.26. The number of methoxy groups -OCH3 is 2. The molecule has 0 fully saturated rings. The van der Waals surface area contributed by atoms with E-state index in [0.29, 0.717) is 19.3 Å². The Bertz CT molecular complexity index is 220. The van der Waals surface area contributed by atoms with Crippen molar-refractivity contribution in [3.05, 3.63) is 0 Å². The van der Waals surface area contributed by atoms with Crippen molar-refractivity contribution in [2.24, 2.45) is 0 Å². The third-order valence-electron chi connectivity index (χ3n) is 1.83. The highest BCUT2D eigenvalue weighted by atomic mass is 79.9. The van der Waals surface area contributed by atoms with Gasteiger partial charge in [0.1, 0.15) is 4.83 Å². The number of hydrogen-bond donors (Lipinski definition) is 0. The van der Waals surface area contributed by atoms with Gasteiger partial charge < -0.3 is 9.47 Å². The fourth-order valence-corrected chi connectivity index (χ4v) is 1.94. The molecule has 6 heteroatoms. The van der Waals surface area contributed by atoms with E-state index in [2.05, 4.69) is 41.3 Å². The lowest BCUT2D eigenvalue weighted by atomic mass is 10.1. The molecule has 0 radical (unpaired) electrons.